The summed E-state index contributed by atoms with van der Waals surface area (Å²) in [6, 6.07) is 4.15. The molecule has 0 fully saturated rings. The molecule has 19 heavy (non-hydrogen) atoms. The predicted molar refractivity (Wildman–Crippen MR) is 66.1 cm³/mol. The lowest BCUT2D eigenvalue weighted by Crippen LogP contribution is -2.19. The highest BCUT2D eigenvalue weighted by atomic mass is 16.5. The van der Waals surface area contributed by atoms with E-state index in [0.717, 1.165) is 0 Å². The van der Waals surface area contributed by atoms with Crippen LogP contribution in [0.1, 0.15) is 16.2 Å². The molecule has 2 N–H and O–H groups in total. The number of hydrogen-bond acceptors (Lipinski definition) is 6. The zero-order valence-corrected chi connectivity index (χ0v) is 10.3. The monoisotopic (exact) mass is 261 g/mol. The van der Waals surface area contributed by atoms with Gasteiger partial charge in [0.2, 0.25) is 11.8 Å². The van der Waals surface area contributed by atoms with Gasteiger partial charge in [0, 0.05) is 17.8 Å². The number of aryl methyl sites for hydroxylation is 1. The van der Waals surface area contributed by atoms with Gasteiger partial charge < -0.3 is 4.74 Å². The average molecular weight is 261 g/mol. The molecule has 2 rings (SSSR count). The number of nitrogens with one attached hydrogen (secondary N) is 2. The van der Waals surface area contributed by atoms with E-state index in [-0.39, 0.29) is 17.2 Å². The van der Waals surface area contributed by atoms with Crippen LogP contribution in [0.25, 0.3) is 0 Å². The Hall–Kier alpha value is -2.77. The van der Waals surface area contributed by atoms with Crippen molar-refractivity contribution in [3.8, 4) is 5.88 Å². The van der Waals surface area contributed by atoms with E-state index in [1.165, 1.54) is 19.2 Å². The highest BCUT2D eigenvalue weighted by Gasteiger charge is 2.10. The molecule has 0 aromatic carbocycles. The van der Waals surface area contributed by atoms with Crippen LogP contribution < -0.4 is 15.6 Å². The Balaban J connectivity index is 2.21. The quantitative estimate of drug-likeness (QED) is 0.812. The lowest BCUT2D eigenvalue weighted by Gasteiger charge is -2.05. The third-order valence-corrected chi connectivity index (χ3v) is 2.18. The third-order valence-electron chi connectivity index (χ3n) is 2.18. The average Bonchev–Trinajstić information content (AvgIpc) is 2.38. The molecule has 8 heteroatoms. The molecule has 8 nitrogen and oxygen atoms in total. The number of aromatic nitrogens is 4. The fourth-order valence-electron chi connectivity index (χ4n) is 1.34. The van der Waals surface area contributed by atoms with Crippen LogP contribution in [0.5, 0.6) is 5.88 Å². The van der Waals surface area contributed by atoms with E-state index < -0.39 is 5.91 Å². The van der Waals surface area contributed by atoms with Gasteiger partial charge in [-0.3, -0.25) is 14.9 Å². The maximum atomic E-state index is 11.8. The van der Waals surface area contributed by atoms with Crippen LogP contribution in [0.2, 0.25) is 0 Å². The number of aromatic amines is 1. The Morgan fingerprint density at radius 3 is 2.79 bits per heavy atom. The standard InChI is InChI=1S/C11H11N5O3/c1-6-5-9(19-2)13-11(12-6)14-10(18)7-3-4-8(17)16-15-7/h3-5H,1-2H3,(H,16,17)(H,12,13,14,18). The van der Waals surface area contributed by atoms with Gasteiger partial charge in [0.25, 0.3) is 11.5 Å². The Labute approximate surface area is 107 Å². The lowest BCUT2D eigenvalue weighted by atomic mass is 10.4. The summed E-state index contributed by atoms with van der Waals surface area (Å²) < 4.78 is 4.97. The Kier molecular flexibility index (Phi) is 3.51. The fourth-order valence-corrected chi connectivity index (χ4v) is 1.34. The fraction of sp³-hybridized carbons (Fsp3) is 0.182. The number of methoxy groups -OCH3 is 1. The van der Waals surface area contributed by atoms with Gasteiger partial charge in [-0.15, -0.1) is 0 Å². The maximum absolute atomic E-state index is 11.8. The molecule has 0 atom stereocenters. The second kappa shape index (κ2) is 5.25. The number of nitrogens with zero attached hydrogens (tertiary/aromatic N) is 3. The van der Waals surface area contributed by atoms with Gasteiger partial charge in [-0.05, 0) is 13.0 Å². The highest BCUT2D eigenvalue weighted by Crippen LogP contribution is 2.11. The second-order valence-corrected chi connectivity index (χ2v) is 3.64. The first-order valence-corrected chi connectivity index (χ1v) is 5.35. The van der Waals surface area contributed by atoms with Crippen molar-refractivity contribution in [1.29, 1.82) is 0 Å². The molecule has 0 unspecified atom stereocenters. The summed E-state index contributed by atoms with van der Waals surface area (Å²) >= 11 is 0. The van der Waals surface area contributed by atoms with Gasteiger partial charge in [-0.1, -0.05) is 0 Å². The summed E-state index contributed by atoms with van der Waals surface area (Å²) in [5.41, 5.74) is 0.324. The van der Waals surface area contributed by atoms with Crippen LogP contribution in [0.4, 0.5) is 5.95 Å². The van der Waals surface area contributed by atoms with E-state index >= 15 is 0 Å². The molecule has 0 bridgehead atoms. The Bertz CT molecular complexity index is 647. The lowest BCUT2D eigenvalue weighted by molar-refractivity contribution is 0.102. The van der Waals surface area contributed by atoms with Gasteiger partial charge in [0.05, 0.1) is 7.11 Å². The van der Waals surface area contributed by atoms with Crippen molar-refractivity contribution in [1.82, 2.24) is 20.2 Å². The molecule has 0 saturated heterocycles. The summed E-state index contributed by atoms with van der Waals surface area (Å²) in [5.74, 6) is -0.0732. The number of H-pyrrole nitrogens is 1. The first-order chi connectivity index (χ1) is 9.08. The van der Waals surface area contributed by atoms with Crippen molar-refractivity contribution in [3.05, 3.63) is 39.9 Å². The number of ether oxygens (including phenoxy) is 1. The second-order valence-electron chi connectivity index (χ2n) is 3.64. The molecule has 98 valence electrons. The normalized spacial score (nSPS) is 10.0. The molecule has 2 aromatic rings. The minimum absolute atomic E-state index is 0.0590. The van der Waals surface area contributed by atoms with Crippen molar-refractivity contribution < 1.29 is 9.53 Å². The van der Waals surface area contributed by atoms with Crippen molar-refractivity contribution in [2.75, 3.05) is 12.4 Å². The van der Waals surface area contributed by atoms with Gasteiger partial charge in [0.15, 0.2) is 0 Å². The Morgan fingerprint density at radius 2 is 2.16 bits per heavy atom. The predicted octanol–water partition coefficient (Wildman–Crippen LogP) is 0.129. The molecular formula is C11H11N5O3. The van der Waals surface area contributed by atoms with Crippen molar-refractivity contribution >= 4 is 11.9 Å². The topological polar surface area (TPSA) is 110 Å². The first-order valence-electron chi connectivity index (χ1n) is 5.35. The molecule has 2 aromatic heterocycles. The number of rotatable bonds is 3. The number of carbonyl (C=O) groups is 1. The van der Waals surface area contributed by atoms with Crippen LogP contribution in [0.15, 0.2) is 23.0 Å². The minimum atomic E-state index is -0.524. The number of amides is 1. The Morgan fingerprint density at radius 1 is 1.37 bits per heavy atom. The van der Waals surface area contributed by atoms with E-state index in [4.69, 9.17) is 4.74 Å². The molecule has 0 saturated carbocycles. The van der Waals surface area contributed by atoms with Crippen molar-refractivity contribution in [2.24, 2.45) is 0 Å². The molecule has 1 amide bonds. The van der Waals surface area contributed by atoms with Crippen LogP contribution in [0.3, 0.4) is 0 Å². The van der Waals surface area contributed by atoms with E-state index in [2.05, 4.69) is 25.5 Å². The van der Waals surface area contributed by atoms with Crippen molar-refractivity contribution in [2.45, 2.75) is 6.92 Å². The number of carbonyl (C=O) groups excluding carboxylic acids is 1. The minimum Gasteiger partial charge on any atom is -0.481 e. The van der Waals surface area contributed by atoms with Crippen LogP contribution in [-0.2, 0) is 0 Å². The van der Waals surface area contributed by atoms with Crippen LogP contribution >= 0.6 is 0 Å². The van der Waals surface area contributed by atoms with Crippen LogP contribution in [-0.4, -0.2) is 33.2 Å². The summed E-state index contributed by atoms with van der Waals surface area (Å²) in [5, 5.41) is 8.24. The molecule has 0 aliphatic carbocycles. The molecule has 2 heterocycles. The first kappa shape index (κ1) is 12.7. The molecule has 0 spiro atoms. The zero-order valence-electron chi connectivity index (χ0n) is 10.3. The van der Waals surface area contributed by atoms with E-state index in [0.29, 0.717) is 11.6 Å². The number of hydrogen-bond donors (Lipinski definition) is 2. The summed E-state index contributed by atoms with van der Waals surface area (Å²) in [7, 11) is 1.47. The third kappa shape index (κ3) is 3.12. The van der Waals surface area contributed by atoms with Gasteiger partial charge in [0.1, 0.15) is 5.69 Å². The molecule has 0 radical (unpaired) electrons. The summed E-state index contributed by atoms with van der Waals surface area (Å²) in [6.45, 7) is 1.75. The highest BCUT2D eigenvalue weighted by molar-refractivity contribution is 6.01. The van der Waals surface area contributed by atoms with E-state index in [9.17, 15) is 9.59 Å². The van der Waals surface area contributed by atoms with E-state index in [1.54, 1.807) is 13.0 Å². The van der Waals surface area contributed by atoms with E-state index in [1.807, 2.05) is 0 Å². The summed E-state index contributed by atoms with van der Waals surface area (Å²) in [4.78, 5) is 30.7. The van der Waals surface area contributed by atoms with Gasteiger partial charge >= 0.3 is 0 Å². The molecule has 0 aliphatic rings. The van der Waals surface area contributed by atoms with Gasteiger partial charge in [-0.2, -0.15) is 10.1 Å². The molecular weight excluding hydrogens is 250 g/mol. The smallest absolute Gasteiger partial charge is 0.278 e. The largest absolute Gasteiger partial charge is 0.481 e. The van der Waals surface area contributed by atoms with Crippen molar-refractivity contribution in [3.63, 3.8) is 0 Å². The SMILES string of the molecule is COc1cc(C)nc(NC(=O)c2ccc(=O)[nH]n2)n1. The zero-order chi connectivity index (χ0) is 13.8. The number of anilines is 1. The maximum Gasteiger partial charge on any atom is 0.278 e. The molecule has 0 aliphatic heterocycles. The van der Waals surface area contributed by atoms with Gasteiger partial charge in [-0.25, -0.2) is 10.1 Å². The van der Waals surface area contributed by atoms with Crippen LogP contribution in [0, 0.1) is 6.92 Å². The summed E-state index contributed by atoms with van der Waals surface area (Å²) in [6.07, 6.45) is 0.